The molecule has 1 rings (SSSR count). The molecule has 0 bridgehead atoms. The molecule has 1 aliphatic rings. The van der Waals surface area contributed by atoms with E-state index in [9.17, 15) is 9.59 Å². The van der Waals surface area contributed by atoms with Crippen LogP contribution in [0.2, 0.25) is 0 Å². The van der Waals surface area contributed by atoms with Crippen molar-refractivity contribution >= 4 is 11.9 Å². The molecule has 0 aromatic heterocycles. The van der Waals surface area contributed by atoms with Gasteiger partial charge < -0.3 is 15.5 Å². The molecule has 5 heteroatoms. The minimum atomic E-state index is -0.817. The third-order valence-electron chi connectivity index (χ3n) is 3.93. The first-order valence-corrected chi connectivity index (χ1v) is 7.09. The molecule has 0 aromatic rings. The SMILES string of the molecule is CC(CCCO)NC(=O)CC1(CC(=O)O)CCCC1. The number of amides is 1. The summed E-state index contributed by atoms with van der Waals surface area (Å²) >= 11 is 0. The van der Waals surface area contributed by atoms with Crippen LogP contribution < -0.4 is 5.32 Å². The van der Waals surface area contributed by atoms with E-state index in [0.29, 0.717) is 12.8 Å². The van der Waals surface area contributed by atoms with Crippen molar-refractivity contribution in [1.29, 1.82) is 0 Å². The summed E-state index contributed by atoms with van der Waals surface area (Å²) in [5.41, 5.74) is -0.341. The lowest BCUT2D eigenvalue weighted by atomic mass is 9.79. The van der Waals surface area contributed by atoms with Gasteiger partial charge in [0.2, 0.25) is 5.91 Å². The van der Waals surface area contributed by atoms with Crippen LogP contribution in [-0.4, -0.2) is 34.7 Å². The topological polar surface area (TPSA) is 86.6 Å². The van der Waals surface area contributed by atoms with Crippen LogP contribution in [0.4, 0.5) is 0 Å². The zero-order valence-electron chi connectivity index (χ0n) is 11.7. The fourth-order valence-electron chi connectivity index (χ4n) is 3.00. The predicted octanol–water partition coefficient (Wildman–Crippen LogP) is 1.69. The fourth-order valence-corrected chi connectivity index (χ4v) is 3.00. The minimum absolute atomic E-state index is 0.0305. The highest BCUT2D eigenvalue weighted by molar-refractivity contribution is 5.78. The molecule has 0 aliphatic heterocycles. The first-order chi connectivity index (χ1) is 8.97. The second-order valence-electron chi connectivity index (χ2n) is 5.79. The average molecular weight is 271 g/mol. The molecule has 3 N–H and O–H groups in total. The van der Waals surface area contributed by atoms with Gasteiger partial charge >= 0.3 is 5.97 Å². The van der Waals surface area contributed by atoms with E-state index in [1.165, 1.54) is 0 Å². The van der Waals surface area contributed by atoms with Gasteiger partial charge in [0.25, 0.3) is 0 Å². The van der Waals surface area contributed by atoms with Gasteiger partial charge in [0.15, 0.2) is 0 Å². The van der Waals surface area contributed by atoms with Crippen molar-refractivity contribution in [2.75, 3.05) is 6.61 Å². The monoisotopic (exact) mass is 271 g/mol. The minimum Gasteiger partial charge on any atom is -0.481 e. The third-order valence-corrected chi connectivity index (χ3v) is 3.93. The molecule has 0 heterocycles. The van der Waals surface area contributed by atoms with Crippen LogP contribution in [0, 0.1) is 5.41 Å². The Bertz CT molecular complexity index is 311. The van der Waals surface area contributed by atoms with Gasteiger partial charge in [-0.05, 0) is 38.0 Å². The van der Waals surface area contributed by atoms with E-state index in [1.54, 1.807) is 0 Å². The van der Waals surface area contributed by atoms with Gasteiger partial charge in [-0.2, -0.15) is 0 Å². The van der Waals surface area contributed by atoms with Gasteiger partial charge in [0.05, 0.1) is 6.42 Å². The number of aliphatic hydroxyl groups is 1. The molecule has 19 heavy (non-hydrogen) atoms. The Labute approximate surface area is 114 Å². The van der Waals surface area contributed by atoms with Crippen LogP contribution >= 0.6 is 0 Å². The Morgan fingerprint density at radius 1 is 1.26 bits per heavy atom. The number of aliphatic hydroxyl groups excluding tert-OH is 1. The Balaban J connectivity index is 2.45. The molecule has 0 spiro atoms. The summed E-state index contributed by atoms with van der Waals surface area (Å²) in [5, 5.41) is 20.6. The summed E-state index contributed by atoms with van der Waals surface area (Å²) in [6.45, 7) is 2.04. The maximum Gasteiger partial charge on any atom is 0.303 e. The zero-order valence-corrected chi connectivity index (χ0v) is 11.7. The molecular weight excluding hydrogens is 246 g/mol. The van der Waals surface area contributed by atoms with Crippen molar-refractivity contribution in [3.05, 3.63) is 0 Å². The molecule has 0 aromatic carbocycles. The van der Waals surface area contributed by atoms with Gasteiger partial charge in [0.1, 0.15) is 0 Å². The van der Waals surface area contributed by atoms with Crippen LogP contribution in [-0.2, 0) is 9.59 Å². The molecule has 1 saturated carbocycles. The van der Waals surface area contributed by atoms with Gasteiger partial charge in [-0.3, -0.25) is 9.59 Å². The second-order valence-corrected chi connectivity index (χ2v) is 5.79. The molecule has 1 atom stereocenters. The lowest BCUT2D eigenvalue weighted by Crippen LogP contribution is -2.37. The molecule has 1 aliphatic carbocycles. The Morgan fingerprint density at radius 3 is 2.42 bits per heavy atom. The number of hydrogen-bond donors (Lipinski definition) is 3. The lowest BCUT2D eigenvalue weighted by molar-refractivity contribution is -0.140. The van der Waals surface area contributed by atoms with E-state index in [0.717, 1.165) is 32.1 Å². The number of carbonyl (C=O) groups is 2. The number of carboxylic acid groups (broad SMARTS) is 1. The molecule has 0 radical (unpaired) electrons. The first kappa shape index (κ1) is 16.0. The molecule has 1 amide bonds. The van der Waals surface area contributed by atoms with Crippen molar-refractivity contribution in [2.24, 2.45) is 5.41 Å². The summed E-state index contributed by atoms with van der Waals surface area (Å²) < 4.78 is 0. The predicted molar refractivity (Wildman–Crippen MR) is 71.7 cm³/mol. The molecular formula is C14H25NO4. The van der Waals surface area contributed by atoms with Crippen molar-refractivity contribution < 1.29 is 19.8 Å². The van der Waals surface area contributed by atoms with Crippen molar-refractivity contribution in [1.82, 2.24) is 5.32 Å². The Kier molecular flexibility index (Phi) is 6.28. The van der Waals surface area contributed by atoms with Gasteiger partial charge in [0, 0.05) is 19.1 Å². The van der Waals surface area contributed by atoms with E-state index in [1.807, 2.05) is 6.92 Å². The van der Waals surface area contributed by atoms with E-state index < -0.39 is 5.97 Å². The number of carbonyl (C=O) groups excluding carboxylic acids is 1. The van der Waals surface area contributed by atoms with E-state index in [2.05, 4.69) is 5.32 Å². The van der Waals surface area contributed by atoms with E-state index in [-0.39, 0.29) is 30.4 Å². The number of aliphatic carboxylic acids is 1. The normalized spacial score (nSPS) is 19.1. The smallest absolute Gasteiger partial charge is 0.303 e. The number of hydrogen-bond acceptors (Lipinski definition) is 3. The maximum absolute atomic E-state index is 12.0. The van der Waals surface area contributed by atoms with E-state index >= 15 is 0 Å². The summed E-state index contributed by atoms with van der Waals surface area (Å²) in [4.78, 5) is 22.9. The highest BCUT2D eigenvalue weighted by atomic mass is 16.4. The fraction of sp³-hybridized carbons (Fsp3) is 0.857. The first-order valence-electron chi connectivity index (χ1n) is 7.09. The summed E-state index contributed by atoms with van der Waals surface area (Å²) in [5.74, 6) is -0.878. The van der Waals surface area contributed by atoms with Gasteiger partial charge in [-0.25, -0.2) is 0 Å². The standard InChI is InChI=1S/C14H25NO4/c1-11(5-4-8-16)15-12(17)9-14(10-13(18)19)6-2-3-7-14/h11,16H,2-10H2,1H3,(H,15,17)(H,18,19). The van der Waals surface area contributed by atoms with Crippen LogP contribution in [0.3, 0.4) is 0 Å². The maximum atomic E-state index is 12.0. The molecule has 1 unspecified atom stereocenters. The van der Waals surface area contributed by atoms with Crippen LogP contribution in [0.1, 0.15) is 58.3 Å². The zero-order chi connectivity index (χ0) is 14.3. The van der Waals surface area contributed by atoms with Crippen LogP contribution in [0.15, 0.2) is 0 Å². The second kappa shape index (κ2) is 7.48. The number of carboxylic acids is 1. The molecule has 5 nitrogen and oxygen atoms in total. The van der Waals surface area contributed by atoms with Gasteiger partial charge in [-0.15, -0.1) is 0 Å². The van der Waals surface area contributed by atoms with Crippen molar-refractivity contribution in [3.63, 3.8) is 0 Å². The molecule has 1 fully saturated rings. The summed E-state index contributed by atoms with van der Waals surface area (Å²) in [6.07, 6.45) is 5.50. The Hall–Kier alpha value is -1.10. The number of rotatable bonds is 8. The van der Waals surface area contributed by atoms with E-state index in [4.69, 9.17) is 10.2 Å². The van der Waals surface area contributed by atoms with Crippen LogP contribution in [0.25, 0.3) is 0 Å². The quantitative estimate of drug-likeness (QED) is 0.627. The van der Waals surface area contributed by atoms with Crippen LogP contribution in [0.5, 0.6) is 0 Å². The largest absolute Gasteiger partial charge is 0.481 e. The summed E-state index contributed by atoms with van der Waals surface area (Å²) in [6, 6.07) is 0.0305. The molecule has 110 valence electrons. The third kappa shape index (κ3) is 5.59. The van der Waals surface area contributed by atoms with Crippen molar-refractivity contribution in [2.45, 2.75) is 64.3 Å². The van der Waals surface area contributed by atoms with Gasteiger partial charge in [-0.1, -0.05) is 12.8 Å². The van der Waals surface area contributed by atoms with Crippen molar-refractivity contribution in [3.8, 4) is 0 Å². The highest BCUT2D eigenvalue weighted by Crippen LogP contribution is 2.44. The lowest BCUT2D eigenvalue weighted by Gasteiger charge is -2.27. The highest BCUT2D eigenvalue weighted by Gasteiger charge is 2.38. The molecule has 0 saturated heterocycles. The Morgan fingerprint density at radius 2 is 1.89 bits per heavy atom. The average Bonchev–Trinajstić information content (AvgIpc) is 2.73. The number of nitrogens with one attached hydrogen (secondary N) is 1. The summed E-state index contributed by atoms with van der Waals surface area (Å²) in [7, 11) is 0.